The number of hydrogen-bond donors (Lipinski definition) is 2. The highest BCUT2D eigenvalue weighted by molar-refractivity contribution is 5.85. The molecule has 20 heavy (non-hydrogen) atoms. The van der Waals surface area contributed by atoms with Gasteiger partial charge in [0.25, 0.3) is 0 Å². The predicted molar refractivity (Wildman–Crippen MR) is 76.7 cm³/mol. The molecule has 0 aromatic rings. The Kier molecular flexibility index (Phi) is 20.3. The fraction of sp³-hybridized carbons (Fsp3) is 0.917. The van der Waals surface area contributed by atoms with Gasteiger partial charge in [0, 0.05) is 6.54 Å². The van der Waals surface area contributed by atoms with Crippen LogP contribution in [-0.4, -0.2) is 77.5 Å². The second-order valence-electron chi connectivity index (χ2n) is 3.70. The van der Waals surface area contributed by atoms with Crippen molar-refractivity contribution in [2.24, 2.45) is 0 Å². The normalized spacial score (nSPS) is 10.2. The lowest BCUT2D eigenvalue weighted by molar-refractivity contribution is -0.138. The zero-order chi connectivity index (χ0) is 14.2. The van der Waals surface area contributed by atoms with Crippen LogP contribution in [0.5, 0.6) is 0 Å². The minimum Gasteiger partial charge on any atom is -0.481 e. The highest BCUT2D eigenvalue weighted by Gasteiger charge is 1.96. The third kappa shape index (κ3) is 19.9. The molecule has 0 aromatic heterocycles. The molecule has 0 fully saturated rings. The Morgan fingerprint density at radius 2 is 1.25 bits per heavy atom. The molecule has 7 nitrogen and oxygen atoms in total. The molecule has 0 amide bonds. The molecule has 0 radical (unpaired) electrons. The van der Waals surface area contributed by atoms with E-state index in [-0.39, 0.29) is 25.4 Å². The van der Waals surface area contributed by atoms with Gasteiger partial charge in [-0.3, -0.25) is 4.79 Å². The first-order valence-electron chi connectivity index (χ1n) is 6.44. The third-order valence-corrected chi connectivity index (χ3v) is 2.07. The van der Waals surface area contributed by atoms with E-state index in [4.69, 9.17) is 24.1 Å². The van der Waals surface area contributed by atoms with Gasteiger partial charge in [-0.1, -0.05) is 0 Å². The summed E-state index contributed by atoms with van der Waals surface area (Å²) in [6, 6.07) is 0. The number of carboxylic acids is 1. The molecule has 0 spiro atoms. The predicted octanol–water partition coefficient (Wildman–Crippen LogP) is 0.169. The van der Waals surface area contributed by atoms with Crippen molar-refractivity contribution >= 4 is 18.4 Å². The molecule has 0 aromatic carbocycles. The minimum atomic E-state index is -0.855. The van der Waals surface area contributed by atoms with E-state index in [0.717, 1.165) is 6.54 Å². The lowest BCUT2D eigenvalue weighted by atomic mass is 10.5. The van der Waals surface area contributed by atoms with Crippen LogP contribution in [0.1, 0.15) is 6.42 Å². The highest BCUT2D eigenvalue weighted by atomic mass is 35.5. The number of likely N-dealkylation sites (N-methyl/N-ethyl adjacent to an activating group) is 1. The molecule has 0 heterocycles. The number of aliphatic carboxylic acids is 1. The molecule has 0 saturated carbocycles. The molecule has 2 N–H and O–H groups in total. The van der Waals surface area contributed by atoms with Crippen molar-refractivity contribution in [3.05, 3.63) is 0 Å². The van der Waals surface area contributed by atoms with Gasteiger partial charge < -0.3 is 29.4 Å². The topological polar surface area (TPSA) is 86.3 Å². The average Bonchev–Trinajstić information content (AvgIpc) is 2.39. The molecule has 0 aliphatic heterocycles. The van der Waals surface area contributed by atoms with Crippen molar-refractivity contribution in [3.8, 4) is 0 Å². The third-order valence-electron chi connectivity index (χ3n) is 2.07. The van der Waals surface area contributed by atoms with Gasteiger partial charge in [-0.25, -0.2) is 0 Å². The quantitative estimate of drug-likeness (QED) is 0.417. The standard InChI is InChI=1S/C12H25NO6.ClH/c1-13-3-5-17-7-9-19-11-10-18-8-6-16-4-2-12(14)15;/h13H,2-11H2,1H3,(H,14,15);1H. The molecule has 0 saturated heterocycles. The van der Waals surface area contributed by atoms with E-state index in [0.29, 0.717) is 46.2 Å². The van der Waals surface area contributed by atoms with E-state index in [1.165, 1.54) is 0 Å². The van der Waals surface area contributed by atoms with Gasteiger partial charge in [-0.05, 0) is 7.05 Å². The molecular formula is C12H26ClNO6. The van der Waals surface area contributed by atoms with Crippen LogP contribution in [0, 0.1) is 0 Å². The lowest BCUT2D eigenvalue weighted by Crippen LogP contribution is -2.17. The van der Waals surface area contributed by atoms with Crippen LogP contribution < -0.4 is 5.32 Å². The molecule has 0 bridgehead atoms. The van der Waals surface area contributed by atoms with Crippen LogP contribution >= 0.6 is 12.4 Å². The van der Waals surface area contributed by atoms with E-state index >= 15 is 0 Å². The van der Waals surface area contributed by atoms with Gasteiger partial charge in [-0.2, -0.15) is 0 Å². The van der Waals surface area contributed by atoms with Crippen LogP contribution in [-0.2, 0) is 23.7 Å². The summed E-state index contributed by atoms with van der Waals surface area (Å²) in [5.74, 6) is -0.855. The number of hydrogen-bond acceptors (Lipinski definition) is 6. The summed E-state index contributed by atoms with van der Waals surface area (Å²) in [4.78, 5) is 10.2. The fourth-order valence-corrected chi connectivity index (χ4v) is 1.10. The minimum absolute atomic E-state index is 0. The van der Waals surface area contributed by atoms with Crippen molar-refractivity contribution in [2.45, 2.75) is 6.42 Å². The first-order chi connectivity index (χ1) is 9.27. The SMILES string of the molecule is CNCCOCCOCCOCCOCCC(=O)O.Cl. The van der Waals surface area contributed by atoms with Crippen LogP contribution in [0.2, 0.25) is 0 Å². The molecule has 0 atom stereocenters. The summed E-state index contributed by atoms with van der Waals surface area (Å²) in [5.41, 5.74) is 0. The number of nitrogens with one attached hydrogen (secondary N) is 1. The summed E-state index contributed by atoms with van der Waals surface area (Å²) in [6.45, 7) is 4.75. The molecule has 0 aliphatic rings. The Morgan fingerprint density at radius 1 is 0.850 bits per heavy atom. The molecule has 0 rings (SSSR count). The van der Waals surface area contributed by atoms with Gasteiger partial charge in [0.15, 0.2) is 0 Å². The van der Waals surface area contributed by atoms with Crippen LogP contribution in [0.15, 0.2) is 0 Å². The van der Waals surface area contributed by atoms with E-state index in [9.17, 15) is 4.79 Å². The van der Waals surface area contributed by atoms with Gasteiger partial charge in [0.1, 0.15) is 0 Å². The summed E-state index contributed by atoms with van der Waals surface area (Å²) in [5, 5.41) is 11.3. The van der Waals surface area contributed by atoms with E-state index in [1.807, 2.05) is 7.05 Å². The molecule has 0 unspecified atom stereocenters. The van der Waals surface area contributed by atoms with Crippen LogP contribution in [0.3, 0.4) is 0 Å². The Hall–Kier alpha value is -0.440. The number of carbonyl (C=O) groups is 1. The highest BCUT2D eigenvalue weighted by Crippen LogP contribution is 1.85. The molecular weight excluding hydrogens is 290 g/mol. The number of rotatable bonds is 15. The van der Waals surface area contributed by atoms with E-state index in [1.54, 1.807) is 0 Å². The Bertz CT molecular complexity index is 208. The zero-order valence-corrected chi connectivity index (χ0v) is 12.8. The average molecular weight is 316 g/mol. The maximum absolute atomic E-state index is 10.2. The molecule has 0 aliphatic carbocycles. The maximum atomic E-state index is 10.2. The van der Waals surface area contributed by atoms with Crippen LogP contribution in [0.25, 0.3) is 0 Å². The molecule has 122 valence electrons. The second kappa shape index (κ2) is 18.6. The van der Waals surface area contributed by atoms with Crippen molar-refractivity contribution in [1.29, 1.82) is 0 Å². The van der Waals surface area contributed by atoms with E-state index < -0.39 is 5.97 Å². The Morgan fingerprint density at radius 3 is 1.65 bits per heavy atom. The maximum Gasteiger partial charge on any atom is 0.305 e. The smallest absolute Gasteiger partial charge is 0.305 e. The summed E-state index contributed by atoms with van der Waals surface area (Å²) >= 11 is 0. The Balaban J connectivity index is 0. The Labute approximate surface area is 126 Å². The number of carboxylic acid groups (broad SMARTS) is 1. The second-order valence-corrected chi connectivity index (χ2v) is 3.70. The largest absolute Gasteiger partial charge is 0.481 e. The van der Waals surface area contributed by atoms with E-state index in [2.05, 4.69) is 5.32 Å². The number of halogens is 1. The van der Waals surface area contributed by atoms with Crippen molar-refractivity contribution in [1.82, 2.24) is 5.32 Å². The van der Waals surface area contributed by atoms with Gasteiger partial charge >= 0.3 is 5.97 Å². The van der Waals surface area contributed by atoms with Crippen molar-refractivity contribution in [3.63, 3.8) is 0 Å². The summed E-state index contributed by atoms with van der Waals surface area (Å²) < 4.78 is 20.8. The van der Waals surface area contributed by atoms with Crippen molar-refractivity contribution < 1.29 is 28.8 Å². The first-order valence-corrected chi connectivity index (χ1v) is 6.44. The molecule has 8 heteroatoms. The first kappa shape index (κ1) is 21.9. The summed E-state index contributed by atoms with van der Waals surface area (Å²) in [7, 11) is 1.88. The van der Waals surface area contributed by atoms with Crippen molar-refractivity contribution in [2.75, 3.05) is 66.4 Å². The summed E-state index contributed by atoms with van der Waals surface area (Å²) in [6.07, 6.45) is 0.0245. The zero-order valence-electron chi connectivity index (χ0n) is 12.0. The lowest BCUT2D eigenvalue weighted by Gasteiger charge is -2.07. The van der Waals surface area contributed by atoms with Gasteiger partial charge in [-0.15, -0.1) is 12.4 Å². The van der Waals surface area contributed by atoms with Gasteiger partial charge in [0.2, 0.25) is 0 Å². The monoisotopic (exact) mass is 315 g/mol. The van der Waals surface area contributed by atoms with Gasteiger partial charge in [0.05, 0.1) is 59.3 Å². The number of ether oxygens (including phenoxy) is 4. The fourth-order valence-electron chi connectivity index (χ4n) is 1.10. The van der Waals surface area contributed by atoms with Crippen LogP contribution in [0.4, 0.5) is 0 Å².